The van der Waals surface area contributed by atoms with Crippen LogP contribution in [0.25, 0.3) is 0 Å². The summed E-state index contributed by atoms with van der Waals surface area (Å²) in [5.74, 6) is 2.62. The van der Waals surface area contributed by atoms with Crippen LogP contribution in [-0.4, -0.2) is 55.7 Å². The standard InChI is InChI=1S/C9H21N3S/c10-2-1-3-11-4-5-12-6-8-13-9-7-12/h11H,1-10H2. The Kier molecular flexibility index (Phi) is 6.62. The van der Waals surface area contributed by atoms with Crippen molar-refractivity contribution in [1.82, 2.24) is 10.2 Å². The van der Waals surface area contributed by atoms with E-state index in [1.165, 1.54) is 31.1 Å². The maximum absolute atomic E-state index is 5.40. The van der Waals surface area contributed by atoms with E-state index in [0.29, 0.717) is 0 Å². The number of nitrogens with one attached hydrogen (secondary N) is 1. The molecular weight excluding hydrogens is 182 g/mol. The van der Waals surface area contributed by atoms with Gasteiger partial charge < -0.3 is 16.0 Å². The van der Waals surface area contributed by atoms with Crippen LogP contribution in [0.5, 0.6) is 0 Å². The summed E-state index contributed by atoms with van der Waals surface area (Å²) in [4.78, 5) is 2.53. The molecule has 0 saturated carbocycles. The third-order valence-corrected chi connectivity index (χ3v) is 3.21. The Morgan fingerprint density at radius 2 is 2.00 bits per heavy atom. The second-order valence-electron chi connectivity index (χ2n) is 3.35. The molecule has 0 aliphatic carbocycles. The van der Waals surface area contributed by atoms with Crippen molar-refractivity contribution >= 4 is 11.8 Å². The molecule has 0 aromatic heterocycles. The van der Waals surface area contributed by atoms with Gasteiger partial charge in [-0.2, -0.15) is 11.8 Å². The highest BCUT2D eigenvalue weighted by molar-refractivity contribution is 7.99. The maximum Gasteiger partial charge on any atom is 0.0107 e. The monoisotopic (exact) mass is 203 g/mol. The topological polar surface area (TPSA) is 41.3 Å². The van der Waals surface area contributed by atoms with E-state index in [4.69, 9.17) is 5.73 Å². The molecule has 0 atom stereocenters. The van der Waals surface area contributed by atoms with Gasteiger partial charge in [-0.05, 0) is 19.5 Å². The molecule has 3 nitrogen and oxygen atoms in total. The minimum atomic E-state index is 0.799. The lowest BCUT2D eigenvalue weighted by atomic mass is 10.4. The van der Waals surface area contributed by atoms with Gasteiger partial charge >= 0.3 is 0 Å². The third-order valence-electron chi connectivity index (χ3n) is 2.27. The molecule has 0 aromatic carbocycles. The summed E-state index contributed by atoms with van der Waals surface area (Å²) in [6, 6.07) is 0. The fourth-order valence-corrected chi connectivity index (χ4v) is 2.39. The fourth-order valence-electron chi connectivity index (χ4n) is 1.41. The summed E-state index contributed by atoms with van der Waals surface area (Å²) < 4.78 is 0. The molecule has 3 N–H and O–H groups in total. The number of rotatable bonds is 6. The maximum atomic E-state index is 5.40. The number of hydrogen-bond acceptors (Lipinski definition) is 4. The molecule has 0 bridgehead atoms. The summed E-state index contributed by atoms with van der Waals surface area (Å²) in [7, 11) is 0. The minimum Gasteiger partial charge on any atom is -0.330 e. The molecule has 1 saturated heterocycles. The number of thioether (sulfide) groups is 1. The minimum absolute atomic E-state index is 0.799. The third kappa shape index (κ3) is 5.52. The predicted octanol–water partition coefficient (Wildman–Crippen LogP) is -0.0264. The van der Waals surface area contributed by atoms with Crippen LogP contribution in [0.15, 0.2) is 0 Å². The van der Waals surface area contributed by atoms with Crippen LogP contribution >= 0.6 is 11.8 Å². The van der Waals surface area contributed by atoms with Gasteiger partial charge in [0.25, 0.3) is 0 Å². The predicted molar refractivity (Wildman–Crippen MR) is 60.3 cm³/mol. The fraction of sp³-hybridized carbons (Fsp3) is 1.00. The molecule has 1 heterocycles. The molecule has 1 fully saturated rings. The molecule has 13 heavy (non-hydrogen) atoms. The summed E-state index contributed by atoms with van der Waals surface area (Å²) in [5.41, 5.74) is 5.40. The first-order chi connectivity index (χ1) is 6.43. The van der Waals surface area contributed by atoms with Gasteiger partial charge in [-0.3, -0.25) is 0 Å². The van der Waals surface area contributed by atoms with E-state index < -0.39 is 0 Å². The van der Waals surface area contributed by atoms with Crippen molar-refractivity contribution in [2.24, 2.45) is 5.73 Å². The summed E-state index contributed by atoms with van der Waals surface area (Å²) in [6.07, 6.45) is 1.09. The van der Waals surface area contributed by atoms with E-state index in [-0.39, 0.29) is 0 Å². The molecule has 1 rings (SSSR count). The molecule has 4 heteroatoms. The quantitative estimate of drug-likeness (QED) is 0.595. The molecule has 0 spiro atoms. The Labute approximate surface area is 85.4 Å². The van der Waals surface area contributed by atoms with Crippen LogP contribution in [-0.2, 0) is 0 Å². The van der Waals surface area contributed by atoms with Gasteiger partial charge in [0.05, 0.1) is 0 Å². The number of nitrogens with two attached hydrogens (primary N) is 1. The molecule has 0 unspecified atom stereocenters. The Balaban J connectivity index is 1.86. The van der Waals surface area contributed by atoms with E-state index in [2.05, 4.69) is 22.0 Å². The van der Waals surface area contributed by atoms with Gasteiger partial charge in [-0.25, -0.2) is 0 Å². The van der Waals surface area contributed by atoms with Gasteiger partial charge in [0.15, 0.2) is 0 Å². The zero-order chi connectivity index (χ0) is 9.36. The Morgan fingerprint density at radius 3 is 2.69 bits per heavy atom. The Morgan fingerprint density at radius 1 is 1.23 bits per heavy atom. The first-order valence-electron chi connectivity index (χ1n) is 5.14. The number of hydrogen-bond donors (Lipinski definition) is 2. The molecule has 1 aliphatic heterocycles. The van der Waals surface area contributed by atoms with Crippen LogP contribution in [0, 0.1) is 0 Å². The molecule has 0 radical (unpaired) electrons. The lowest BCUT2D eigenvalue weighted by Crippen LogP contribution is -2.38. The van der Waals surface area contributed by atoms with Crippen molar-refractivity contribution in [1.29, 1.82) is 0 Å². The van der Waals surface area contributed by atoms with Gasteiger partial charge in [-0.1, -0.05) is 0 Å². The van der Waals surface area contributed by atoms with Crippen molar-refractivity contribution in [3.8, 4) is 0 Å². The first kappa shape index (κ1) is 11.3. The molecule has 1 aliphatic rings. The van der Waals surface area contributed by atoms with Crippen LogP contribution in [0.4, 0.5) is 0 Å². The average molecular weight is 203 g/mol. The summed E-state index contributed by atoms with van der Waals surface area (Å²) in [5, 5.41) is 3.41. The van der Waals surface area contributed by atoms with Gasteiger partial charge in [0.1, 0.15) is 0 Å². The van der Waals surface area contributed by atoms with E-state index in [1.54, 1.807) is 0 Å². The van der Waals surface area contributed by atoms with Crippen LogP contribution in [0.1, 0.15) is 6.42 Å². The normalized spacial score (nSPS) is 19.2. The van der Waals surface area contributed by atoms with E-state index >= 15 is 0 Å². The van der Waals surface area contributed by atoms with Crippen LogP contribution in [0.2, 0.25) is 0 Å². The van der Waals surface area contributed by atoms with Gasteiger partial charge in [-0.15, -0.1) is 0 Å². The van der Waals surface area contributed by atoms with E-state index in [9.17, 15) is 0 Å². The lowest BCUT2D eigenvalue weighted by Gasteiger charge is -2.26. The Bertz CT molecular complexity index is 115. The average Bonchev–Trinajstić information content (AvgIpc) is 2.19. The highest BCUT2D eigenvalue weighted by Gasteiger charge is 2.08. The molecule has 0 aromatic rings. The second kappa shape index (κ2) is 7.62. The number of nitrogens with zero attached hydrogens (tertiary/aromatic N) is 1. The lowest BCUT2D eigenvalue weighted by molar-refractivity contribution is 0.301. The molecular formula is C9H21N3S. The summed E-state index contributed by atoms with van der Waals surface area (Å²) >= 11 is 2.07. The largest absolute Gasteiger partial charge is 0.330 e. The van der Waals surface area contributed by atoms with Crippen LogP contribution < -0.4 is 11.1 Å². The van der Waals surface area contributed by atoms with Crippen molar-refractivity contribution < 1.29 is 0 Å². The first-order valence-corrected chi connectivity index (χ1v) is 6.30. The van der Waals surface area contributed by atoms with Crippen molar-refractivity contribution in [2.45, 2.75) is 6.42 Å². The van der Waals surface area contributed by atoms with Crippen molar-refractivity contribution in [3.63, 3.8) is 0 Å². The molecule has 0 amide bonds. The van der Waals surface area contributed by atoms with E-state index in [0.717, 1.165) is 26.1 Å². The SMILES string of the molecule is NCCCNCCN1CCSCC1. The highest BCUT2D eigenvalue weighted by atomic mass is 32.2. The highest BCUT2D eigenvalue weighted by Crippen LogP contribution is 2.07. The Hall–Kier alpha value is 0.230. The van der Waals surface area contributed by atoms with E-state index in [1.807, 2.05) is 0 Å². The smallest absolute Gasteiger partial charge is 0.0107 e. The summed E-state index contributed by atoms with van der Waals surface area (Å²) in [6.45, 7) is 6.72. The van der Waals surface area contributed by atoms with Crippen LogP contribution in [0.3, 0.4) is 0 Å². The van der Waals surface area contributed by atoms with Crippen molar-refractivity contribution in [3.05, 3.63) is 0 Å². The van der Waals surface area contributed by atoms with Gasteiger partial charge in [0.2, 0.25) is 0 Å². The van der Waals surface area contributed by atoms with Gasteiger partial charge in [0, 0.05) is 37.7 Å². The zero-order valence-corrected chi connectivity index (χ0v) is 9.11. The molecule has 78 valence electrons. The second-order valence-corrected chi connectivity index (χ2v) is 4.57. The zero-order valence-electron chi connectivity index (χ0n) is 8.30. The van der Waals surface area contributed by atoms with Crippen molar-refractivity contribution in [2.75, 3.05) is 50.8 Å².